The number of nitrogens with zero attached hydrogens (tertiary/aromatic N) is 4. The Morgan fingerprint density at radius 3 is 2.63 bits per heavy atom. The second-order valence-corrected chi connectivity index (χ2v) is 8.10. The molecule has 0 N–H and O–H groups in total. The lowest BCUT2D eigenvalue weighted by Gasteiger charge is -2.35. The van der Waals surface area contributed by atoms with E-state index in [-0.39, 0.29) is 11.6 Å². The van der Waals surface area contributed by atoms with Gasteiger partial charge in [-0.05, 0) is 37.1 Å². The van der Waals surface area contributed by atoms with Crippen molar-refractivity contribution in [1.82, 2.24) is 14.9 Å². The molecule has 0 aliphatic carbocycles. The summed E-state index contributed by atoms with van der Waals surface area (Å²) in [4.78, 5) is 16.1. The number of anilines is 1. The SMILES string of the molecule is COc1ccc(CN2CCN(c3ncnc4sc(C)c(C)c34)CC2)cc1F. The summed E-state index contributed by atoms with van der Waals surface area (Å²) in [6.07, 6.45) is 1.67. The number of fused-ring (bicyclic) bond motifs is 1. The zero-order valence-electron chi connectivity index (χ0n) is 15.8. The molecule has 0 atom stereocenters. The average Bonchev–Trinajstić information content (AvgIpc) is 2.97. The molecule has 1 aromatic carbocycles. The van der Waals surface area contributed by atoms with E-state index >= 15 is 0 Å². The number of thiophene rings is 1. The van der Waals surface area contributed by atoms with Crippen LogP contribution in [0.15, 0.2) is 24.5 Å². The van der Waals surface area contributed by atoms with E-state index in [0.717, 1.165) is 48.9 Å². The lowest BCUT2D eigenvalue weighted by Crippen LogP contribution is -2.46. The molecular formula is C20H23FN4OS. The van der Waals surface area contributed by atoms with E-state index < -0.39 is 0 Å². The van der Waals surface area contributed by atoms with Crippen LogP contribution in [0.3, 0.4) is 0 Å². The molecule has 3 aromatic rings. The van der Waals surface area contributed by atoms with Gasteiger partial charge in [0.1, 0.15) is 17.0 Å². The normalized spacial score (nSPS) is 15.5. The fourth-order valence-electron chi connectivity index (χ4n) is 3.59. The van der Waals surface area contributed by atoms with Gasteiger partial charge in [0.25, 0.3) is 0 Å². The Bertz CT molecular complexity index is 966. The minimum Gasteiger partial charge on any atom is -0.494 e. The summed E-state index contributed by atoms with van der Waals surface area (Å²) in [5, 5.41) is 1.19. The number of rotatable bonds is 4. The minimum atomic E-state index is -0.305. The van der Waals surface area contributed by atoms with Gasteiger partial charge in [0, 0.05) is 37.6 Å². The highest BCUT2D eigenvalue weighted by Gasteiger charge is 2.22. The first-order chi connectivity index (χ1) is 13.1. The number of methoxy groups -OCH3 is 1. The van der Waals surface area contributed by atoms with Crippen LogP contribution in [0.25, 0.3) is 10.2 Å². The molecule has 0 spiro atoms. The minimum absolute atomic E-state index is 0.290. The average molecular weight is 386 g/mol. The molecule has 1 aliphatic rings. The molecule has 0 amide bonds. The van der Waals surface area contributed by atoms with Gasteiger partial charge in [0.2, 0.25) is 0 Å². The number of halogens is 1. The van der Waals surface area contributed by atoms with Crippen LogP contribution in [0.1, 0.15) is 16.0 Å². The molecule has 27 heavy (non-hydrogen) atoms. The molecule has 0 saturated carbocycles. The van der Waals surface area contributed by atoms with E-state index in [2.05, 4.69) is 33.6 Å². The highest BCUT2D eigenvalue weighted by molar-refractivity contribution is 7.18. The van der Waals surface area contributed by atoms with E-state index in [4.69, 9.17) is 4.74 Å². The molecule has 4 rings (SSSR count). The maximum absolute atomic E-state index is 13.9. The third-order valence-corrected chi connectivity index (χ3v) is 6.35. The first-order valence-electron chi connectivity index (χ1n) is 9.07. The van der Waals surface area contributed by atoms with Gasteiger partial charge in [-0.3, -0.25) is 4.90 Å². The zero-order valence-corrected chi connectivity index (χ0v) is 16.6. The lowest BCUT2D eigenvalue weighted by molar-refractivity contribution is 0.249. The number of aromatic nitrogens is 2. The molecule has 0 bridgehead atoms. The quantitative estimate of drug-likeness (QED) is 0.683. The Morgan fingerprint density at radius 2 is 1.93 bits per heavy atom. The van der Waals surface area contributed by atoms with Crippen LogP contribution in [-0.2, 0) is 6.54 Å². The second-order valence-electron chi connectivity index (χ2n) is 6.89. The van der Waals surface area contributed by atoms with Gasteiger partial charge in [-0.2, -0.15) is 0 Å². The smallest absolute Gasteiger partial charge is 0.165 e. The van der Waals surface area contributed by atoms with Crippen LogP contribution in [0.2, 0.25) is 0 Å². The highest BCUT2D eigenvalue weighted by atomic mass is 32.1. The fourth-order valence-corrected chi connectivity index (χ4v) is 4.58. The molecule has 7 heteroatoms. The van der Waals surface area contributed by atoms with Crippen molar-refractivity contribution >= 4 is 27.4 Å². The summed E-state index contributed by atoms with van der Waals surface area (Å²) in [6, 6.07) is 5.19. The summed E-state index contributed by atoms with van der Waals surface area (Å²) in [7, 11) is 1.48. The van der Waals surface area contributed by atoms with Gasteiger partial charge in [-0.15, -0.1) is 11.3 Å². The molecule has 142 valence electrons. The number of aryl methyl sites for hydroxylation is 2. The molecule has 1 fully saturated rings. The number of ether oxygens (including phenoxy) is 1. The van der Waals surface area contributed by atoms with Gasteiger partial charge >= 0.3 is 0 Å². The van der Waals surface area contributed by atoms with Crippen LogP contribution in [0.4, 0.5) is 10.2 Å². The Labute approximate surface area is 162 Å². The van der Waals surface area contributed by atoms with Crippen LogP contribution in [-0.4, -0.2) is 48.2 Å². The van der Waals surface area contributed by atoms with Crippen LogP contribution >= 0.6 is 11.3 Å². The van der Waals surface area contributed by atoms with Crippen LogP contribution in [0.5, 0.6) is 5.75 Å². The number of hydrogen-bond acceptors (Lipinski definition) is 6. The van der Waals surface area contributed by atoms with Crippen molar-refractivity contribution in [2.45, 2.75) is 20.4 Å². The molecule has 5 nitrogen and oxygen atoms in total. The zero-order chi connectivity index (χ0) is 19.0. The topological polar surface area (TPSA) is 41.5 Å². The van der Waals surface area contributed by atoms with E-state index in [1.54, 1.807) is 29.8 Å². The summed E-state index contributed by atoms with van der Waals surface area (Å²) in [5.41, 5.74) is 2.25. The van der Waals surface area contributed by atoms with Crippen molar-refractivity contribution in [2.24, 2.45) is 0 Å². The van der Waals surface area contributed by atoms with Crippen molar-refractivity contribution in [3.8, 4) is 5.75 Å². The maximum atomic E-state index is 13.9. The van der Waals surface area contributed by atoms with Crippen molar-refractivity contribution in [3.63, 3.8) is 0 Å². The lowest BCUT2D eigenvalue weighted by atomic mass is 10.1. The van der Waals surface area contributed by atoms with Crippen LogP contribution < -0.4 is 9.64 Å². The third kappa shape index (κ3) is 3.49. The fraction of sp³-hybridized carbons (Fsp3) is 0.400. The standard InChI is InChI=1S/C20H23FN4OS/c1-13-14(2)27-20-18(13)19(22-12-23-20)25-8-6-24(7-9-25)11-15-4-5-17(26-3)16(21)10-15/h4-5,10,12H,6-9,11H2,1-3H3. The summed E-state index contributed by atoms with van der Waals surface area (Å²) >= 11 is 1.73. The summed E-state index contributed by atoms with van der Waals surface area (Å²) < 4.78 is 18.9. The molecule has 1 saturated heterocycles. The van der Waals surface area contributed by atoms with E-state index in [9.17, 15) is 4.39 Å². The Hall–Kier alpha value is -2.25. The van der Waals surface area contributed by atoms with Gasteiger partial charge in [0.15, 0.2) is 11.6 Å². The van der Waals surface area contributed by atoms with Crippen molar-refractivity contribution in [2.75, 3.05) is 38.2 Å². The maximum Gasteiger partial charge on any atom is 0.165 e. The van der Waals surface area contributed by atoms with Crippen molar-refractivity contribution in [1.29, 1.82) is 0 Å². The summed E-state index contributed by atoms with van der Waals surface area (Å²) in [6.45, 7) is 8.66. The third-order valence-electron chi connectivity index (χ3n) is 5.24. The van der Waals surface area contributed by atoms with Gasteiger partial charge in [0.05, 0.1) is 12.5 Å². The van der Waals surface area contributed by atoms with Crippen molar-refractivity contribution in [3.05, 3.63) is 46.3 Å². The number of benzene rings is 1. The predicted molar refractivity (Wildman–Crippen MR) is 107 cm³/mol. The Morgan fingerprint density at radius 1 is 1.15 bits per heavy atom. The number of piperazine rings is 1. The largest absolute Gasteiger partial charge is 0.494 e. The van der Waals surface area contributed by atoms with Crippen LogP contribution in [0, 0.1) is 19.7 Å². The predicted octanol–water partition coefficient (Wildman–Crippen LogP) is 3.78. The Kier molecular flexibility index (Phi) is 4.97. The highest BCUT2D eigenvalue weighted by Crippen LogP contribution is 2.34. The van der Waals surface area contributed by atoms with Gasteiger partial charge in [-0.1, -0.05) is 6.07 Å². The molecule has 0 unspecified atom stereocenters. The number of hydrogen-bond donors (Lipinski definition) is 0. The Balaban J connectivity index is 1.46. The molecule has 3 heterocycles. The molecule has 1 aliphatic heterocycles. The first-order valence-corrected chi connectivity index (χ1v) is 9.89. The summed E-state index contributed by atoms with van der Waals surface area (Å²) in [5.74, 6) is 1.02. The second kappa shape index (κ2) is 7.40. The molecule has 0 radical (unpaired) electrons. The van der Waals surface area contributed by atoms with Gasteiger partial charge in [-0.25, -0.2) is 14.4 Å². The molecule has 2 aromatic heterocycles. The van der Waals surface area contributed by atoms with E-state index in [1.165, 1.54) is 22.9 Å². The first kappa shape index (κ1) is 18.1. The van der Waals surface area contributed by atoms with E-state index in [0.29, 0.717) is 0 Å². The molecular weight excluding hydrogens is 363 g/mol. The van der Waals surface area contributed by atoms with Crippen molar-refractivity contribution < 1.29 is 9.13 Å². The monoisotopic (exact) mass is 386 g/mol. The van der Waals surface area contributed by atoms with E-state index in [1.807, 2.05) is 6.07 Å². The van der Waals surface area contributed by atoms with Gasteiger partial charge < -0.3 is 9.64 Å².